The number of nitrogens with two attached hydrogens (primary N) is 1. The van der Waals surface area contributed by atoms with E-state index in [2.05, 4.69) is 10.6 Å². The first kappa shape index (κ1) is 18.5. The summed E-state index contributed by atoms with van der Waals surface area (Å²) in [7, 11) is -4.31. The van der Waals surface area contributed by atoms with Crippen molar-refractivity contribution in [1.82, 2.24) is 10.6 Å². The van der Waals surface area contributed by atoms with E-state index in [-0.39, 0.29) is 23.8 Å². The van der Waals surface area contributed by atoms with Gasteiger partial charge in [0.1, 0.15) is 10.7 Å². The molecule has 0 radical (unpaired) electrons. The molecule has 0 spiro atoms. The number of rotatable bonds is 5. The van der Waals surface area contributed by atoms with E-state index in [0.717, 1.165) is 11.6 Å². The lowest BCUT2D eigenvalue weighted by molar-refractivity contribution is -0.117. The van der Waals surface area contributed by atoms with Gasteiger partial charge in [-0.25, -0.2) is 13.6 Å². The summed E-state index contributed by atoms with van der Waals surface area (Å²) in [6, 6.07) is 6.83. The maximum atomic E-state index is 12.7. The van der Waals surface area contributed by atoms with Crippen LogP contribution in [-0.4, -0.2) is 39.2 Å². The van der Waals surface area contributed by atoms with Gasteiger partial charge in [-0.2, -0.15) is 0 Å². The lowest BCUT2D eigenvalue weighted by atomic mass is 9.95. The average Bonchev–Trinajstić information content (AvgIpc) is 3.08. The zero-order valence-corrected chi connectivity index (χ0v) is 14.9. The fourth-order valence-corrected chi connectivity index (χ4v) is 3.46. The molecule has 1 saturated heterocycles. The van der Waals surface area contributed by atoms with Crippen molar-refractivity contribution in [1.29, 1.82) is 0 Å². The van der Waals surface area contributed by atoms with Crippen LogP contribution in [0.2, 0.25) is 0 Å². The first-order chi connectivity index (χ1) is 12.3. The Morgan fingerprint density at radius 1 is 1.23 bits per heavy atom. The first-order valence-corrected chi connectivity index (χ1v) is 9.55. The van der Waals surface area contributed by atoms with E-state index in [0.29, 0.717) is 19.0 Å². The monoisotopic (exact) mass is 377 g/mol. The molecule has 1 aliphatic heterocycles. The van der Waals surface area contributed by atoms with Gasteiger partial charge in [0.2, 0.25) is 21.6 Å². The van der Waals surface area contributed by atoms with Gasteiger partial charge in [-0.15, -0.1) is 0 Å². The SMILES string of the molecule is Cc1ccc(OC2=C(CC3CNCN3)C(=O)C(S(N)(=O)=O)=CC2=O)cc1. The van der Waals surface area contributed by atoms with Crippen molar-refractivity contribution in [3.63, 3.8) is 0 Å². The Bertz CT molecular complexity index is 910. The van der Waals surface area contributed by atoms with Crippen LogP contribution in [0.15, 0.2) is 46.6 Å². The summed E-state index contributed by atoms with van der Waals surface area (Å²) in [6.07, 6.45) is 0.872. The molecule has 1 atom stereocenters. The molecule has 1 aromatic rings. The number of benzene rings is 1. The summed E-state index contributed by atoms with van der Waals surface area (Å²) < 4.78 is 29.0. The molecule has 1 aromatic carbocycles. The Morgan fingerprint density at radius 2 is 1.92 bits per heavy atom. The number of Topliss-reactive ketones (excluding diaryl/α,β-unsaturated/α-hetero) is 1. The van der Waals surface area contributed by atoms with Gasteiger partial charge in [0.15, 0.2) is 5.76 Å². The van der Waals surface area contributed by atoms with E-state index in [1.807, 2.05) is 6.92 Å². The molecular formula is C17H19N3O5S. The molecule has 0 aromatic heterocycles. The highest BCUT2D eigenvalue weighted by molar-refractivity contribution is 7.94. The van der Waals surface area contributed by atoms with Gasteiger partial charge in [-0.05, 0) is 25.5 Å². The van der Waals surface area contributed by atoms with Gasteiger partial charge in [0, 0.05) is 30.9 Å². The molecule has 0 amide bonds. The normalized spacial score (nSPS) is 21.2. The predicted molar refractivity (Wildman–Crippen MR) is 94.4 cm³/mol. The van der Waals surface area contributed by atoms with Gasteiger partial charge in [-0.3, -0.25) is 9.59 Å². The number of aryl methyl sites for hydroxylation is 1. The number of allylic oxidation sites excluding steroid dienone is 2. The number of carbonyl (C=O) groups excluding carboxylic acids is 2. The van der Waals surface area contributed by atoms with Crippen LogP contribution >= 0.6 is 0 Å². The first-order valence-electron chi connectivity index (χ1n) is 8.01. The Hall–Kier alpha value is -2.33. The van der Waals surface area contributed by atoms with E-state index in [9.17, 15) is 18.0 Å². The van der Waals surface area contributed by atoms with Crippen LogP contribution in [0.4, 0.5) is 0 Å². The smallest absolute Gasteiger partial charge is 0.242 e. The highest BCUT2D eigenvalue weighted by Crippen LogP contribution is 2.28. The Labute approximate surface area is 151 Å². The highest BCUT2D eigenvalue weighted by atomic mass is 32.2. The molecule has 8 nitrogen and oxygen atoms in total. The summed E-state index contributed by atoms with van der Waals surface area (Å²) in [6.45, 7) is 3.05. The fraction of sp³-hybridized carbons (Fsp3) is 0.294. The summed E-state index contributed by atoms with van der Waals surface area (Å²) in [5.74, 6) is -1.28. The molecule has 1 aliphatic carbocycles. The molecule has 1 unspecified atom stereocenters. The van der Waals surface area contributed by atoms with Gasteiger partial charge in [0.05, 0.1) is 0 Å². The molecule has 3 rings (SSSR count). The van der Waals surface area contributed by atoms with Crippen LogP contribution in [0.5, 0.6) is 5.75 Å². The summed E-state index contributed by atoms with van der Waals surface area (Å²) in [4.78, 5) is 24.5. The van der Waals surface area contributed by atoms with E-state index in [4.69, 9.17) is 9.88 Å². The van der Waals surface area contributed by atoms with Crippen LogP contribution in [0, 0.1) is 6.92 Å². The van der Waals surface area contributed by atoms with Crippen molar-refractivity contribution in [2.45, 2.75) is 19.4 Å². The molecular weight excluding hydrogens is 358 g/mol. The Kier molecular flexibility index (Phi) is 5.05. The second-order valence-electron chi connectivity index (χ2n) is 6.21. The molecule has 0 saturated carbocycles. The third kappa shape index (κ3) is 3.91. The van der Waals surface area contributed by atoms with Gasteiger partial charge < -0.3 is 15.4 Å². The van der Waals surface area contributed by atoms with E-state index < -0.39 is 26.5 Å². The van der Waals surface area contributed by atoms with E-state index in [1.54, 1.807) is 24.3 Å². The Balaban J connectivity index is 2.00. The minimum atomic E-state index is -4.31. The van der Waals surface area contributed by atoms with Crippen LogP contribution in [0.3, 0.4) is 0 Å². The molecule has 2 aliphatic rings. The third-order valence-electron chi connectivity index (χ3n) is 4.16. The molecule has 0 bridgehead atoms. The average molecular weight is 377 g/mol. The Morgan fingerprint density at radius 3 is 2.50 bits per heavy atom. The molecule has 26 heavy (non-hydrogen) atoms. The van der Waals surface area contributed by atoms with Crippen LogP contribution in [0.25, 0.3) is 0 Å². The van der Waals surface area contributed by atoms with Crippen molar-refractivity contribution in [2.75, 3.05) is 13.2 Å². The van der Waals surface area contributed by atoms with Crippen LogP contribution < -0.4 is 20.5 Å². The maximum Gasteiger partial charge on any atom is 0.242 e. The topological polar surface area (TPSA) is 128 Å². The van der Waals surface area contributed by atoms with Crippen molar-refractivity contribution in [3.8, 4) is 5.75 Å². The number of hydrogen-bond acceptors (Lipinski definition) is 7. The summed E-state index contributed by atoms with van der Waals surface area (Å²) in [5, 5.41) is 11.3. The van der Waals surface area contributed by atoms with Gasteiger partial charge in [0.25, 0.3) is 0 Å². The number of sulfonamides is 1. The minimum Gasteiger partial charge on any atom is -0.453 e. The zero-order chi connectivity index (χ0) is 18.9. The van der Waals surface area contributed by atoms with Crippen molar-refractivity contribution >= 4 is 21.6 Å². The van der Waals surface area contributed by atoms with Gasteiger partial charge in [-0.1, -0.05) is 17.7 Å². The fourth-order valence-electron chi connectivity index (χ4n) is 2.81. The molecule has 1 heterocycles. The maximum absolute atomic E-state index is 12.7. The standard InChI is InChI=1S/C17H19N3O5S/c1-10-2-4-12(5-3-10)25-17-13(6-11-8-19-9-20-11)16(22)15(7-14(17)21)26(18,23)24/h2-5,7,11,19-20H,6,8-9H2,1H3,(H2,18,23,24). The highest BCUT2D eigenvalue weighted by Gasteiger charge is 2.36. The van der Waals surface area contributed by atoms with Crippen molar-refractivity contribution < 1.29 is 22.7 Å². The number of ether oxygens (including phenoxy) is 1. The second-order valence-corrected chi connectivity index (χ2v) is 7.74. The lowest BCUT2D eigenvalue weighted by Gasteiger charge is -2.20. The summed E-state index contributed by atoms with van der Waals surface area (Å²) >= 11 is 0. The lowest BCUT2D eigenvalue weighted by Crippen LogP contribution is -2.33. The number of ketones is 2. The second kappa shape index (κ2) is 7.12. The van der Waals surface area contributed by atoms with Crippen molar-refractivity contribution in [2.24, 2.45) is 5.14 Å². The number of hydrogen-bond donors (Lipinski definition) is 3. The van der Waals surface area contributed by atoms with E-state index >= 15 is 0 Å². The number of carbonyl (C=O) groups is 2. The van der Waals surface area contributed by atoms with E-state index in [1.165, 1.54) is 0 Å². The van der Waals surface area contributed by atoms with Gasteiger partial charge >= 0.3 is 0 Å². The minimum absolute atomic E-state index is 0.00306. The quantitative estimate of drug-likeness (QED) is 0.610. The predicted octanol–water partition coefficient (Wildman–Crippen LogP) is -0.139. The molecule has 4 N–H and O–H groups in total. The molecule has 138 valence electrons. The van der Waals surface area contributed by atoms with Crippen LogP contribution in [0.1, 0.15) is 12.0 Å². The largest absolute Gasteiger partial charge is 0.453 e. The summed E-state index contributed by atoms with van der Waals surface area (Å²) in [5.41, 5.74) is 1.01. The van der Waals surface area contributed by atoms with Crippen LogP contribution in [-0.2, 0) is 19.6 Å². The molecule has 9 heteroatoms. The zero-order valence-electron chi connectivity index (χ0n) is 14.1. The van der Waals surface area contributed by atoms with Crippen molar-refractivity contribution in [3.05, 3.63) is 52.1 Å². The number of primary sulfonamides is 1. The number of nitrogens with one attached hydrogen (secondary N) is 2. The molecule has 1 fully saturated rings. The third-order valence-corrected chi connectivity index (χ3v) is 5.08.